The van der Waals surface area contributed by atoms with Gasteiger partial charge in [0.25, 0.3) is 23.6 Å². The summed E-state index contributed by atoms with van der Waals surface area (Å²) in [5, 5.41) is 21.0. The number of amides is 4. The van der Waals surface area contributed by atoms with Crippen LogP contribution in [0.4, 0.5) is 0 Å². The van der Waals surface area contributed by atoms with Crippen molar-refractivity contribution in [3.8, 4) is 11.5 Å². The van der Waals surface area contributed by atoms with Crippen molar-refractivity contribution in [2.75, 3.05) is 26.4 Å². The number of nitrogens with zero attached hydrogens (tertiary/aromatic N) is 2. The number of phenolic OH excluding ortho intramolecular Hbond substituents is 1. The van der Waals surface area contributed by atoms with Gasteiger partial charge >= 0.3 is 11.3 Å². The minimum Gasteiger partial charge on any atom is -0.508 e. The summed E-state index contributed by atoms with van der Waals surface area (Å²) >= 11 is 0. The first-order valence-electron chi connectivity index (χ1n) is 17.7. The first-order valence-corrected chi connectivity index (χ1v) is 17.7. The van der Waals surface area contributed by atoms with E-state index in [-0.39, 0.29) is 25.6 Å². The number of aromatic hydroxyl groups is 1. The second-order valence-corrected chi connectivity index (χ2v) is 12.7. The second kappa shape index (κ2) is 17.7. The monoisotopic (exact) mass is 776 g/mol. The molecule has 0 saturated carbocycles. The summed E-state index contributed by atoms with van der Waals surface area (Å²) in [6.07, 6.45) is 0.844. The molecule has 4 aromatic carbocycles. The highest BCUT2D eigenvalue weighted by Gasteiger charge is 2.37. The van der Waals surface area contributed by atoms with E-state index in [1.807, 2.05) is 19.9 Å². The molecule has 0 atom stereocenters. The zero-order valence-corrected chi connectivity index (χ0v) is 30.8. The molecule has 6 aromatic rings. The molecule has 0 unspecified atom stereocenters. The van der Waals surface area contributed by atoms with E-state index in [0.717, 1.165) is 32.0 Å². The van der Waals surface area contributed by atoms with Gasteiger partial charge < -0.3 is 23.8 Å². The second-order valence-electron chi connectivity index (χ2n) is 12.7. The Hall–Kier alpha value is -6.94. The molecule has 0 fully saturated rings. The molecule has 15 heteroatoms. The maximum atomic E-state index is 12.2. The number of carbonyl (C=O) groups excluding carboxylic acids is 4. The maximum Gasteiger partial charge on any atom is 0.336 e. The molecular formula is C42H36N2O13. The summed E-state index contributed by atoms with van der Waals surface area (Å²) in [6.45, 7) is 4.23. The molecule has 292 valence electrons. The number of carbonyl (C=O) groups is 4. The molecule has 0 saturated heterocycles. The average molecular weight is 777 g/mol. The van der Waals surface area contributed by atoms with Gasteiger partial charge in [-0.15, -0.1) is 10.1 Å². The minimum atomic E-state index is -0.457. The van der Waals surface area contributed by atoms with E-state index in [1.165, 1.54) is 18.2 Å². The summed E-state index contributed by atoms with van der Waals surface area (Å²) in [5.41, 5.74) is 3.18. The summed E-state index contributed by atoms with van der Waals surface area (Å²) in [5.74, 6) is -1.15. The number of hydrogen-bond donors (Lipinski definition) is 2. The largest absolute Gasteiger partial charge is 0.508 e. The highest BCUT2D eigenvalue weighted by Crippen LogP contribution is 2.25. The van der Waals surface area contributed by atoms with Crippen LogP contribution in [0.1, 0.15) is 65.4 Å². The van der Waals surface area contributed by atoms with Crippen molar-refractivity contribution in [2.24, 2.45) is 0 Å². The van der Waals surface area contributed by atoms with Gasteiger partial charge in [0.15, 0.2) is 0 Å². The molecule has 2 aromatic heterocycles. The SMILES string of the molecule is Cc1cc(=O)oc2cc(O)ccc12.Cc1cc(=O)oc2cc(OCCCON3C(=O)c4ccccc4C3=O)ccc12.O=C1c2ccccc2C(=O)N1OCCCO. The third kappa shape index (κ3) is 8.97. The van der Waals surface area contributed by atoms with E-state index in [0.29, 0.717) is 58.6 Å². The number of benzene rings is 4. The molecule has 0 spiro atoms. The molecule has 8 rings (SSSR count). The van der Waals surface area contributed by atoms with Crippen LogP contribution in [0.3, 0.4) is 0 Å². The third-order valence-electron chi connectivity index (χ3n) is 8.67. The highest BCUT2D eigenvalue weighted by atomic mass is 16.7. The average Bonchev–Trinajstić information content (AvgIpc) is 3.58. The lowest BCUT2D eigenvalue weighted by atomic mass is 10.1. The van der Waals surface area contributed by atoms with Crippen molar-refractivity contribution in [2.45, 2.75) is 26.7 Å². The quantitative estimate of drug-likeness (QED) is 0.100. The number of ether oxygens (including phenoxy) is 1. The highest BCUT2D eigenvalue weighted by molar-refractivity contribution is 6.21. The number of aliphatic hydroxyl groups excluding tert-OH is 1. The lowest BCUT2D eigenvalue weighted by molar-refractivity contribution is -0.0940. The van der Waals surface area contributed by atoms with Gasteiger partial charge in [0.05, 0.1) is 42.1 Å². The van der Waals surface area contributed by atoms with Crippen molar-refractivity contribution in [3.05, 3.63) is 151 Å². The van der Waals surface area contributed by atoms with Crippen molar-refractivity contribution in [1.29, 1.82) is 0 Å². The first kappa shape index (κ1) is 39.7. The molecule has 4 heterocycles. The fraction of sp³-hybridized carbons (Fsp3) is 0.190. The molecule has 0 bridgehead atoms. The Kier molecular flexibility index (Phi) is 12.3. The fourth-order valence-corrected chi connectivity index (χ4v) is 5.90. The molecular weight excluding hydrogens is 740 g/mol. The van der Waals surface area contributed by atoms with Crippen molar-refractivity contribution in [1.82, 2.24) is 10.1 Å². The number of aryl methyl sites for hydroxylation is 2. The lowest BCUT2D eigenvalue weighted by Crippen LogP contribution is -2.30. The van der Waals surface area contributed by atoms with Crippen LogP contribution in [-0.4, -0.2) is 70.4 Å². The van der Waals surface area contributed by atoms with Crippen molar-refractivity contribution in [3.63, 3.8) is 0 Å². The fourth-order valence-electron chi connectivity index (χ4n) is 5.90. The number of hydrogen-bond acceptors (Lipinski definition) is 13. The van der Waals surface area contributed by atoms with Crippen molar-refractivity contribution >= 4 is 45.6 Å². The van der Waals surface area contributed by atoms with Crippen LogP contribution in [-0.2, 0) is 9.68 Å². The predicted octanol–water partition coefficient (Wildman–Crippen LogP) is 5.50. The van der Waals surface area contributed by atoms with Crippen LogP contribution in [0.5, 0.6) is 11.5 Å². The van der Waals surface area contributed by atoms with Crippen LogP contribution >= 0.6 is 0 Å². The zero-order valence-electron chi connectivity index (χ0n) is 30.8. The van der Waals surface area contributed by atoms with Gasteiger partial charge in [-0.1, -0.05) is 24.3 Å². The van der Waals surface area contributed by atoms with Gasteiger partial charge in [0.2, 0.25) is 0 Å². The van der Waals surface area contributed by atoms with Gasteiger partial charge in [-0.25, -0.2) is 9.59 Å². The number of aliphatic hydroxyl groups is 1. The standard InChI is InChI=1S/C21H17NO6.C11H11NO4.C10H8O3/c1-13-11-19(23)28-18-12-14(7-8-15(13)18)26-9-4-10-27-22-20(24)16-5-2-3-6-17(16)21(22)25;13-6-3-7-16-12-10(14)8-4-1-2-5-9(8)11(12)15;1-6-4-10(12)13-9-5-7(11)2-3-8(6)9/h2-3,5-8,11-12H,4,9-10H2,1H3;1-2,4-5,13H,3,6-7H2;2-5,11H,1H3. The number of rotatable bonds is 10. The predicted molar refractivity (Wildman–Crippen MR) is 204 cm³/mol. The number of imide groups is 2. The number of hydroxylamine groups is 4. The van der Waals surface area contributed by atoms with Gasteiger partial charge in [-0.3, -0.25) is 28.9 Å². The van der Waals surface area contributed by atoms with Crippen LogP contribution in [0.15, 0.2) is 115 Å². The Labute approximate surface area is 323 Å². The molecule has 2 aliphatic rings. The van der Waals surface area contributed by atoms with Gasteiger partial charge in [0.1, 0.15) is 22.7 Å². The Bertz CT molecular complexity index is 2540. The molecule has 2 aliphatic heterocycles. The van der Waals surface area contributed by atoms with Crippen LogP contribution in [0, 0.1) is 13.8 Å². The smallest absolute Gasteiger partial charge is 0.336 e. The van der Waals surface area contributed by atoms with E-state index in [2.05, 4.69) is 0 Å². The summed E-state index contributed by atoms with van der Waals surface area (Å²) in [6, 6.07) is 26.1. The molecule has 57 heavy (non-hydrogen) atoms. The van der Waals surface area contributed by atoms with Gasteiger partial charge in [0, 0.05) is 48.1 Å². The number of fused-ring (bicyclic) bond motifs is 4. The Morgan fingerprint density at radius 1 is 0.544 bits per heavy atom. The van der Waals surface area contributed by atoms with Gasteiger partial charge in [-0.05, 0) is 79.9 Å². The molecule has 0 aliphatic carbocycles. The summed E-state index contributed by atoms with van der Waals surface area (Å²) in [7, 11) is 0. The van der Waals surface area contributed by atoms with E-state index < -0.39 is 34.9 Å². The van der Waals surface area contributed by atoms with Crippen molar-refractivity contribution < 1.29 is 52.6 Å². The van der Waals surface area contributed by atoms with E-state index in [1.54, 1.807) is 72.8 Å². The van der Waals surface area contributed by atoms with Gasteiger partial charge in [-0.2, -0.15) is 0 Å². The zero-order chi connectivity index (χ0) is 40.6. The maximum absolute atomic E-state index is 12.2. The van der Waals surface area contributed by atoms with E-state index in [4.69, 9.17) is 33.5 Å². The summed E-state index contributed by atoms with van der Waals surface area (Å²) in [4.78, 5) is 80.6. The van der Waals surface area contributed by atoms with E-state index in [9.17, 15) is 28.8 Å². The summed E-state index contributed by atoms with van der Waals surface area (Å²) < 4.78 is 15.7. The normalized spacial score (nSPS) is 13.0. The van der Waals surface area contributed by atoms with Crippen LogP contribution < -0.4 is 16.0 Å². The first-order chi connectivity index (χ1) is 27.5. The van der Waals surface area contributed by atoms with Crippen LogP contribution in [0.2, 0.25) is 0 Å². The van der Waals surface area contributed by atoms with Crippen LogP contribution in [0.25, 0.3) is 21.9 Å². The Morgan fingerprint density at radius 2 is 0.982 bits per heavy atom. The molecule has 15 nitrogen and oxygen atoms in total. The topological polar surface area (TPSA) is 203 Å². The Balaban J connectivity index is 0.000000160. The minimum absolute atomic E-state index is 0.0385. The van der Waals surface area contributed by atoms with E-state index >= 15 is 0 Å². The molecule has 4 amide bonds. The number of phenols is 1. The third-order valence-corrected chi connectivity index (χ3v) is 8.67. The lowest BCUT2D eigenvalue weighted by Gasteiger charge is -2.13. The molecule has 0 radical (unpaired) electrons. The molecule has 2 N–H and O–H groups in total. The Morgan fingerprint density at radius 3 is 1.46 bits per heavy atom.